The summed E-state index contributed by atoms with van der Waals surface area (Å²) < 4.78 is 0.824. The Kier molecular flexibility index (Phi) is 4.32. The predicted octanol–water partition coefficient (Wildman–Crippen LogP) is 1.50. The Balaban J connectivity index is 2.91. The number of nitrogens with zero attached hydrogens (tertiary/aromatic N) is 2. The van der Waals surface area contributed by atoms with Gasteiger partial charge in [0.1, 0.15) is 0 Å². The van der Waals surface area contributed by atoms with E-state index < -0.39 is 0 Å². The fourth-order valence-corrected chi connectivity index (χ4v) is 1.73. The van der Waals surface area contributed by atoms with Crippen LogP contribution in [0.2, 0.25) is 0 Å². The van der Waals surface area contributed by atoms with Gasteiger partial charge in [-0.3, -0.25) is 4.79 Å². The fourth-order valence-electron chi connectivity index (χ4n) is 1.24. The highest BCUT2D eigenvalue weighted by Gasteiger charge is 2.07. The van der Waals surface area contributed by atoms with Crippen molar-refractivity contribution in [3.05, 3.63) is 28.2 Å². The van der Waals surface area contributed by atoms with Gasteiger partial charge >= 0.3 is 0 Å². The molecule has 0 heterocycles. The number of carbonyl (C=O) groups is 1. The van der Waals surface area contributed by atoms with Gasteiger partial charge in [0.05, 0.1) is 18.2 Å². The molecule has 0 saturated carbocycles. The van der Waals surface area contributed by atoms with Crippen molar-refractivity contribution in [3.8, 4) is 6.07 Å². The molecule has 0 fully saturated rings. The summed E-state index contributed by atoms with van der Waals surface area (Å²) in [5.41, 5.74) is 1.39. The van der Waals surface area contributed by atoms with E-state index in [-0.39, 0.29) is 12.5 Å². The lowest BCUT2D eigenvalue weighted by molar-refractivity contribution is -0.119. The van der Waals surface area contributed by atoms with Crippen molar-refractivity contribution in [3.63, 3.8) is 0 Å². The summed E-state index contributed by atoms with van der Waals surface area (Å²) in [6.45, 7) is 0.262. The Morgan fingerprint density at radius 3 is 2.81 bits per heavy atom. The van der Waals surface area contributed by atoms with Gasteiger partial charge in [-0.2, -0.15) is 5.26 Å². The Labute approximate surface area is 103 Å². The summed E-state index contributed by atoms with van der Waals surface area (Å²) in [6.07, 6.45) is 0. The lowest BCUT2D eigenvalue weighted by Crippen LogP contribution is -2.32. The second kappa shape index (κ2) is 5.52. The van der Waals surface area contributed by atoms with Crippen LogP contribution in [0.15, 0.2) is 22.7 Å². The summed E-state index contributed by atoms with van der Waals surface area (Å²) in [7, 11) is 3.40. The van der Waals surface area contributed by atoms with E-state index in [1.807, 2.05) is 6.07 Å². The number of rotatable bonds is 3. The smallest absolute Gasteiger partial charge is 0.239 e. The Bertz CT molecular complexity index is 439. The van der Waals surface area contributed by atoms with Gasteiger partial charge in [0.2, 0.25) is 5.91 Å². The molecule has 0 aromatic heterocycles. The van der Waals surface area contributed by atoms with E-state index in [2.05, 4.69) is 27.3 Å². The van der Waals surface area contributed by atoms with E-state index in [0.29, 0.717) is 5.56 Å². The minimum atomic E-state index is -0.0685. The zero-order chi connectivity index (χ0) is 12.1. The van der Waals surface area contributed by atoms with E-state index in [9.17, 15) is 4.79 Å². The molecule has 1 amide bonds. The summed E-state index contributed by atoms with van der Waals surface area (Å²) >= 11 is 3.33. The number of halogens is 1. The molecular formula is C11H12BrN3O. The van der Waals surface area contributed by atoms with Crippen LogP contribution in [0.4, 0.5) is 5.69 Å². The minimum absolute atomic E-state index is 0.0685. The maximum absolute atomic E-state index is 11.2. The number of benzene rings is 1. The largest absolute Gasteiger partial charge is 0.365 e. The summed E-state index contributed by atoms with van der Waals surface area (Å²) in [6, 6.07) is 7.42. The van der Waals surface area contributed by atoms with Crippen molar-refractivity contribution < 1.29 is 4.79 Å². The number of hydrogen-bond acceptors (Lipinski definition) is 3. The van der Waals surface area contributed by atoms with Crippen molar-refractivity contribution >= 4 is 27.5 Å². The molecule has 0 aliphatic carbocycles. The molecule has 1 rings (SSSR count). The first kappa shape index (κ1) is 12.5. The van der Waals surface area contributed by atoms with Gasteiger partial charge in [-0.05, 0) is 18.2 Å². The van der Waals surface area contributed by atoms with Gasteiger partial charge in [0, 0.05) is 24.3 Å². The number of likely N-dealkylation sites (N-methyl/N-ethyl adjacent to an activating group) is 2. The van der Waals surface area contributed by atoms with Gasteiger partial charge < -0.3 is 10.2 Å². The fraction of sp³-hybridized carbons (Fsp3) is 0.273. The van der Waals surface area contributed by atoms with Crippen molar-refractivity contribution in [2.45, 2.75) is 0 Å². The third-order valence-corrected chi connectivity index (χ3v) is 2.57. The van der Waals surface area contributed by atoms with Crippen LogP contribution in [-0.2, 0) is 4.79 Å². The Morgan fingerprint density at radius 1 is 1.56 bits per heavy atom. The molecule has 0 radical (unpaired) electrons. The number of anilines is 1. The quantitative estimate of drug-likeness (QED) is 0.914. The Morgan fingerprint density at radius 2 is 2.25 bits per heavy atom. The number of amides is 1. The number of nitriles is 1. The van der Waals surface area contributed by atoms with Crippen molar-refractivity contribution in [2.75, 3.05) is 25.5 Å². The average molecular weight is 282 g/mol. The SMILES string of the molecule is CNC(=O)CN(C)c1cc(Br)cc(C#N)c1. The van der Waals surface area contributed by atoms with Gasteiger partial charge in [-0.15, -0.1) is 0 Å². The van der Waals surface area contributed by atoms with E-state index in [4.69, 9.17) is 5.26 Å². The molecule has 0 spiro atoms. The molecule has 0 bridgehead atoms. The number of carbonyl (C=O) groups excluding carboxylic acids is 1. The van der Waals surface area contributed by atoms with E-state index in [1.165, 1.54) is 0 Å². The predicted molar refractivity (Wildman–Crippen MR) is 66.2 cm³/mol. The summed E-state index contributed by atoms with van der Waals surface area (Å²) in [5, 5.41) is 11.4. The van der Waals surface area contributed by atoms with Crippen LogP contribution in [0, 0.1) is 11.3 Å². The molecule has 0 aliphatic rings. The Hall–Kier alpha value is -1.54. The molecule has 0 aliphatic heterocycles. The molecule has 84 valence electrons. The normalized spacial score (nSPS) is 9.38. The molecule has 16 heavy (non-hydrogen) atoms. The van der Waals surface area contributed by atoms with Gasteiger partial charge in [0.15, 0.2) is 0 Å². The van der Waals surface area contributed by atoms with Gasteiger partial charge in [-0.1, -0.05) is 15.9 Å². The molecule has 1 aromatic rings. The first-order valence-electron chi connectivity index (χ1n) is 4.69. The molecule has 0 unspecified atom stereocenters. The molecular weight excluding hydrogens is 270 g/mol. The van der Waals surface area contributed by atoms with E-state index >= 15 is 0 Å². The summed E-state index contributed by atoms with van der Waals surface area (Å²) in [5.74, 6) is -0.0685. The van der Waals surface area contributed by atoms with Crippen LogP contribution < -0.4 is 10.2 Å². The molecule has 1 N–H and O–H groups in total. The van der Waals surface area contributed by atoms with Crippen LogP contribution in [-0.4, -0.2) is 26.5 Å². The van der Waals surface area contributed by atoms with Gasteiger partial charge in [-0.25, -0.2) is 0 Å². The average Bonchev–Trinajstić information content (AvgIpc) is 2.27. The van der Waals surface area contributed by atoms with Crippen molar-refractivity contribution in [1.82, 2.24) is 5.32 Å². The highest BCUT2D eigenvalue weighted by atomic mass is 79.9. The van der Waals surface area contributed by atoms with Crippen LogP contribution in [0.25, 0.3) is 0 Å². The number of nitrogens with one attached hydrogen (secondary N) is 1. The summed E-state index contributed by atoms with van der Waals surface area (Å²) in [4.78, 5) is 13.0. The second-order valence-corrected chi connectivity index (χ2v) is 4.25. The van der Waals surface area contributed by atoms with Crippen LogP contribution >= 0.6 is 15.9 Å². The zero-order valence-electron chi connectivity index (χ0n) is 9.12. The topological polar surface area (TPSA) is 56.1 Å². The van der Waals surface area contributed by atoms with Crippen molar-refractivity contribution in [2.24, 2.45) is 0 Å². The minimum Gasteiger partial charge on any atom is -0.365 e. The molecule has 0 atom stereocenters. The molecule has 4 nitrogen and oxygen atoms in total. The standard InChI is InChI=1S/C11H12BrN3O/c1-14-11(16)7-15(2)10-4-8(6-13)3-9(12)5-10/h3-5H,7H2,1-2H3,(H,14,16). The zero-order valence-corrected chi connectivity index (χ0v) is 10.7. The van der Waals surface area contributed by atoms with E-state index in [0.717, 1.165) is 10.2 Å². The van der Waals surface area contributed by atoms with Crippen LogP contribution in [0.1, 0.15) is 5.56 Å². The van der Waals surface area contributed by atoms with E-state index in [1.54, 1.807) is 31.1 Å². The third kappa shape index (κ3) is 3.24. The molecule has 1 aromatic carbocycles. The lowest BCUT2D eigenvalue weighted by Gasteiger charge is -2.18. The van der Waals surface area contributed by atoms with Crippen LogP contribution in [0.5, 0.6) is 0 Å². The monoisotopic (exact) mass is 281 g/mol. The molecule has 5 heteroatoms. The maximum Gasteiger partial charge on any atom is 0.239 e. The lowest BCUT2D eigenvalue weighted by atomic mass is 10.2. The van der Waals surface area contributed by atoms with Gasteiger partial charge in [0.25, 0.3) is 0 Å². The number of hydrogen-bond donors (Lipinski definition) is 1. The van der Waals surface area contributed by atoms with Crippen molar-refractivity contribution in [1.29, 1.82) is 5.26 Å². The first-order chi connectivity index (χ1) is 7.56. The highest BCUT2D eigenvalue weighted by Crippen LogP contribution is 2.21. The maximum atomic E-state index is 11.2. The first-order valence-corrected chi connectivity index (χ1v) is 5.48. The third-order valence-electron chi connectivity index (χ3n) is 2.11. The second-order valence-electron chi connectivity index (χ2n) is 3.34. The highest BCUT2D eigenvalue weighted by molar-refractivity contribution is 9.10. The van der Waals surface area contributed by atoms with Crippen LogP contribution in [0.3, 0.4) is 0 Å². The molecule has 0 saturated heterocycles.